The Kier molecular flexibility index (Phi) is 9.92. The summed E-state index contributed by atoms with van der Waals surface area (Å²) in [5, 5.41) is 8.13. The molecule has 1 N–H and O–H groups in total. The summed E-state index contributed by atoms with van der Waals surface area (Å²) in [4.78, 5) is 4.56. The summed E-state index contributed by atoms with van der Waals surface area (Å²) in [6.45, 7) is 2.30. The molecule has 8 heteroatoms. The summed E-state index contributed by atoms with van der Waals surface area (Å²) in [5.41, 5.74) is 6.14. The number of fused-ring (bicyclic) bond motifs is 1. The molecular formula is C39H38N4O4. The van der Waals surface area contributed by atoms with Crippen LogP contribution >= 0.6 is 0 Å². The first-order valence-electron chi connectivity index (χ1n) is 16.0. The van der Waals surface area contributed by atoms with E-state index in [1.54, 1.807) is 6.33 Å². The Hall–Kier alpha value is -4.86. The third kappa shape index (κ3) is 7.59. The number of hydrogen-bond acceptors (Lipinski definition) is 7. The van der Waals surface area contributed by atoms with Crippen LogP contribution in [0.15, 0.2) is 140 Å². The highest BCUT2D eigenvalue weighted by atomic mass is 16.6. The summed E-state index contributed by atoms with van der Waals surface area (Å²) < 4.78 is 28.4. The molecule has 0 bridgehead atoms. The zero-order valence-electron chi connectivity index (χ0n) is 26.1. The van der Waals surface area contributed by atoms with Crippen LogP contribution in [-0.2, 0) is 45.3 Å². The third-order valence-electron chi connectivity index (χ3n) is 8.35. The van der Waals surface area contributed by atoms with E-state index in [0.717, 1.165) is 33.7 Å². The van der Waals surface area contributed by atoms with Crippen LogP contribution in [0.2, 0.25) is 0 Å². The largest absolute Gasteiger partial charge is 0.374 e. The second-order valence-electron chi connectivity index (χ2n) is 11.6. The fourth-order valence-electron chi connectivity index (χ4n) is 5.97. The zero-order valence-corrected chi connectivity index (χ0v) is 26.1. The molecule has 0 unspecified atom stereocenters. The van der Waals surface area contributed by atoms with Crippen molar-refractivity contribution in [3.05, 3.63) is 168 Å². The van der Waals surface area contributed by atoms with Crippen LogP contribution in [0.4, 0.5) is 5.82 Å². The van der Waals surface area contributed by atoms with Crippen molar-refractivity contribution < 1.29 is 18.9 Å². The van der Waals surface area contributed by atoms with E-state index in [1.165, 1.54) is 5.56 Å². The maximum Gasteiger partial charge on any atom is 0.154 e. The van der Waals surface area contributed by atoms with Gasteiger partial charge in [-0.25, -0.2) is 9.50 Å². The molecule has 7 rings (SSSR count). The average molecular weight is 627 g/mol. The minimum Gasteiger partial charge on any atom is -0.374 e. The van der Waals surface area contributed by atoms with Crippen LogP contribution < -0.4 is 5.32 Å². The van der Waals surface area contributed by atoms with Crippen molar-refractivity contribution in [2.75, 3.05) is 11.9 Å². The zero-order chi connectivity index (χ0) is 31.7. The van der Waals surface area contributed by atoms with Gasteiger partial charge in [-0.05, 0) is 34.4 Å². The SMILES string of the molecule is c1ccc(CNc2ncnn3c([C@@H]4O[C@H](COCc5ccccc5)[C@@H](OCc5ccccc5)[C@H]4OCc4ccccc4)ccc23)cc1. The van der Waals surface area contributed by atoms with Gasteiger partial charge >= 0.3 is 0 Å². The van der Waals surface area contributed by atoms with Crippen LogP contribution in [0.25, 0.3) is 5.52 Å². The van der Waals surface area contributed by atoms with Gasteiger partial charge in [-0.3, -0.25) is 0 Å². The van der Waals surface area contributed by atoms with Crippen molar-refractivity contribution in [1.29, 1.82) is 0 Å². The summed E-state index contributed by atoms with van der Waals surface area (Å²) >= 11 is 0. The molecule has 0 amide bonds. The molecule has 4 atom stereocenters. The van der Waals surface area contributed by atoms with Gasteiger partial charge in [0.15, 0.2) is 5.82 Å². The molecule has 47 heavy (non-hydrogen) atoms. The molecule has 1 saturated heterocycles. The smallest absolute Gasteiger partial charge is 0.154 e. The number of nitrogens with one attached hydrogen (secondary N) is 1. The predicted octanol–water partition coefficient (Wildman–Crippen LogP) is 7.17. The van der Waals surface area contributed by atoms with Gasteiger partial charge in [-0.15, -0.1) is 0 Å². The lowest BCUT2D eigenvalue weighted by Crippen LogP contribution is -2.38. The molecule has 1 fully saturated rings. The Labute approximate surface area is 274 Å². The Morgan fingerprint density at radius 1 is 0.617 bits per heavy atom. The number of rotatable bonds is 14. The van der Waals surface area contributed by atoms with Gasteiger partial charge in [0.05, 0.1) is 32.1 Å². The van der Waals surface area contributed by atoms with Crippen molar-refractivity contribution in [2.24, 2.45) is 0 Å². The fraction of sp³-hybridized carbons (Fsp3) is 0.231. The van der Waals surface area contributed by atoms with Gasteiger partial charge in [-0.1, -0.05) is 121 Å². The lowest BCUT2D eigenvalue weighted by Gasteiger charge is -2.25. The Balaban J connectivity index is 1.18. The van der Waals surface area contributed by atoms with Crippen molar-refractivity contribution >= 4 is 11.3 Å². The van der Waals surface area contributed by atoms with Crippen molar-refractivity contribution in [3.63, 3.8) is 0 Å². The van der Waals surface area contributed by atoms with Crippen LogP contribution in [0, 0.1) is 0 Å². The standard InChI is InChI=1S/C39H38N4O4/c1-5-13-29(14-6-1)23-40-39-34-22-21-33(43(34)42-28-41-39)36-38(46-26-32-19-11-4-12-20-32)37(45-25-31-17-9-3-10-18-31)35(47-36)27-44-24-30-15-7-2-8-16-30/h1-22,28,35-38H,23-27H2,(H,40,41,42)/t35-,36+,37-,38+/m1/s1. The monoisotopic (exact) mass is 626 g/mol. The van der Waals surface area contributed by atoms with Crippen LogP contribution in [0.1, 0.15) is 34.1 Å². The summed E-state index contributed by atoms with van der Waals surface area (Å²) in [5.74, 6) is 0.745. The molecule has 4 aromatic carbocycles. The normalized spacial score (nSPS) is 19.2. The van der Waals surface area contributed by atoms with Crippen molar-refractivity contribution in [1.82, 2.24) is 14.6 Å². The highest BCUT2D eigenvalue weighted by Gasteiger charge is 2.48. The third-order valence-corrected chi connectivity index (χ3v) is 8.35. The highest BCUT2D eigenvalue weighted by molar-refractivity contribution is 5.68. The molecule has 6 aromatic rings. The van der Waals surface area contributed by atoms with Gasteiger partial charge in [0.2, 0.25) is 0 Å². The molecule has 238 valence electrons. The molecule has 0 radical (unpaired) electrons. The van der Waals surface area contributed by atoms with E-state index >= 15 is 0 Å². The van der Waals surface area contributed by atoms with Crippen LogP contribution in [0.5, 0.6) is 0 Å². The molecule has 1 aliphatic rings. The van der Waals surface area contributed by atoms with E-state index < -0.39 is 18.3 Å². The predicted molar refractivity (Wildman–Crippen MR) is 181 cm³/mol. The van der Waals surface area contributed by atoms with Gasteiger partial charge in [-0.2, -0.15) is 5.10 Å². The minimum absolute atomic E-state index is 0.345. The molecule has 0 aliphatic carbocycles. The Morgan fingerprint density at radius 3 is 1.79 bits per heavy atom. The van der Waals surface area contributed by atoms with E-state index in [4.69, 9.17) is 18.9 Å². The first-order valence-corrected chi connectivity index (χ1v) is 16.0. The quantitative estimate of drug-likeness (QED) is 0.137. The highest BCUT2D eigenvalue weighted by Crippen LogP contribution is 2.39. The Morgan fingerprint density at radius 2 is 1.17 bits per heavy atom. The number of anilines is 1. The summed E-state index contributed by atoms with van der Waals surface area (Å²) in [7, 11) is 0. The lowest BCUT2D eigenvalue weighted by molar-refractivity contribution is -0.0898. The van der Waals surface area contributed by atoms with Gasteiger partial charge in [0.1, 0.15) is 36.3 Å². The van der Waals surface area contributed by atoms with Gasteiger partial charge in [0.25, 0.3) is 0 Å². The Bertz CT molecular complexity index is 1820. The molecule has 0 saturated carbocycles. The van der Waals surface area contributed by atoms with E-state index in [9.17, 15) is 0 Å². The van der Waals surface area contributed by atoms with E-state index in [-0.39, 0.29) is 6.10 Å². The molecule has 3 heterocycles. The second kappa shape index (κ2) is 15.2. The van der Waals surface area contributed by atoms with Crippen molar-refractivity contribution in [2.45, 2.75) is 50.8 Å². The molecule has 0 spiro atoms. The van der Waals surface area contributed by atoms with Crippen LogP contribution in [0.3, 0.4) is 0 Å². The second-order valence-corrected chi connectivity index (χ2v) is 11.6. The van der Waals surface area contributed by atoms with E-state index in [2.05, 4.69) is 63.9 Å². The maximum atomic E-state index is 6.85. The van der Waals surface area contributed by atoms with Crippen molar-refractivity contribution in [3.8, 4) is 0 Å². The minimum atomic E-state index is -0.468. The van der Waals surface area contributed by atoms with Crippen LogP contribution in [-0.4, -0.2) is 39.5 Å². The van der Waals surface area contributed by atoms with E-state index in [1.807, 2.05) is 89.4 Å². The van der Waals surface area contributed by atoms with E-state index in [0.29, 0.717) is 33.0 Å². The first kappa shape index (κ1) is 30.8. The fourth-order valence-corrected chi connectivity index (χ4v) is 5.97. The molecule has 8 nitrogen and oxygen atoms in total. The average Bonchev–Trinajstić information content (AvgIpc) is 3.72. The molecule has 2 aromatic heterocycles. The number of aromatic nitrogens is 3. The lowest BCUT2D eigenvalue weighted by atomic mass is 10.0. The number of ether oxygens (including phenoxy) is 4. The van der Waals surface area contributed by atoms with Gasteiger partial charge in [0, 0.05) is 6.54 Å². The topological polar surface area (TPSA) is 79.1 Å². The number of benzene rings is 4. The first-order chi connectivity index (χ1) is 23.3. The summed E-state index contributed by atoms with van der Waals surface area (Å²) in [6.07, 6.45) is -0.108. The maximum absolute atomic E-state index is 6.85. The number of nitrogens with zero attached hydrogens (tertiary/aromatic N) is 3. The van der Waals surface area contributed by atoms with Gasteiger partial charge < -0.3 is 24.3 Å². The summed E-state index contributed by atoms with van der Waals surface area (Å²) in [6, 6.07) is 44.8. The molecular weight excluding hydrogens is 588 g/mol. The number of hydrogen-bond donors (Lipinski definition) is 1. The molecule has 1 aliphatic heterocycles.